The van der Waals surface area contributed by atoms with Crippen LogP contribution in [0.1, 0.15) is 34.9 Å². The summed E-state index contributed by atoms with van der Waals surface area (Å²) in [5.41, 5.74) is 2.37. The summed E-state index contributed by atoms with van der Waals surface area (Å²) >= 11 is 1.75. The lowest BCUT2D eigenvalue weighted by Crippen LogP contribution is -2.49. The van der Waals surface area contributed by atoms with E-state index in [-0.39, 0.29) is 31.2 Å². The lowest BCUT2D eigenvalue weighted by molar-refractivity contribution is -0.137. The molecular weight excluding hydrogens is 452 g/mol. The smallest absolute Gasteiger partial charge is 0.237 e. The maximum absolute atomic E-state index is 13.6. The molecule has 4 rings (SSSR count). The Balaban J connectivity index is 1.45. The summed E-state index contributed by atoms with van der Waals surface area (Å²) < 4.78 is 17.0. The van der Waals surface area contributed by atoms with Crippen molar-refractivity contribution in [3.63, 3.8) is 0 Å². The third-order valence-electron chi connectivity index (χ3n) is 6.52. The zero-order valence-corrected chi connectivity index (χ0v) is 21.0. The van der Waals surface area contributed by atoms with Crippen LogP contribution in [0, 0.1) is 6.92 Å². The van der Waals surface area contributed by atoms with E-state index in [2.05, 4.69) is 18.4 Å². The topological polar surface area (TPSA) is 71.5 Å². The summed E-state index contributed by atoms with van der Waals surface area (Å²) in [7, 11) is 1.57. The van der Waals surface area contributed by atoms with Crippen molar-refractivity contribution in [2.75, 3.05) is 53.1 Å². The Morgan fingerprint density at radius 1 is 1.32 bits per heavy atom. The predicted octanol–water partition coefficient (Wildman–Crippen LogP) is 3.05. The molecule has 34 heavy (non-hydrogen) atoms. The van der Waals surface area contributed by atoms with Gasteiger partial charge in [-0.1, -0.05) is 17.7 Å². The van der Waals surface area contributed by atoms with Gasteiger partial charge in [-0.2, -0.15) is 0 Å². The minimum atomic E-state index is -0.648. The van der Waals surface area contributed by atoms with Gasteiger partial charge in [-0.15, -0.1) is 11.3 Å². The molecule has 1 N–H and O–H groups in total. The molecule has 0 saturated carbocycles. The highest BCUT2D eigenvalue weighted by Gasteiger charge is 2.33. The SMILES string of the molecule is COCC(O)CN(CC(=O)N1CCc2sccc2C1COc1ccc(C)cc1)CC1CCCO1. The van der Waals surface area contributed by atoms with Gasteiger partial charge in [0.15, 0.2) is 0 Å². The van der Waals surface area contributed by atoms with E-state index >= 15 is 0 Å². The molecule has 2 aliphatic heterocycles. The molecular formula is C26H36N2O5S. The van der Waals surface area contributed by atoms with Crippen LogP contribution in [0.25, 0.3) is 0 Å². The monoisotopic (exact) mass is 488 g/mol. The first-order valence-electron chi connectivity index (χ1n) is 12.1. The number of fused-ring (bicyclic) bond motifs is 1. The van der Waals surface area contributed by atoms with Gasteiger partial charge in [-0.25, -0.2) is 0 Å². The molecule has 0 bridgehead atoms. The molecule has 1 aromatic heterocycles. The van der Waals surface area contributed by atoms with E-state index in [1.807, 2.05) is 34.1 Å². The van der Waals surface area contributed by atoms with E-state index < -0.39 is 6.10 Å². The van der Waals surface area contributed by atoms with E-state index in [0.29, 0.717) is 26.2 Å². The second-order valence-electron chi connectivity index (χ2n) is 9.21. The van der Waals surface area contributed by atoms with Crippen molar-refractivity contribution in [2.24, 2.45) is 0 Å². The van der Waals surface area contributed by atoms with Crippen molar-refractivity contribution >= 4 is 17.2 Å². The molecule has 1 saturated heterocycles. The number of benzene rings is 1. The molecule has 7 nitrogen and oxygen atoms in total. The Labute approximate surface area is 206 Å². The van der Waals surface area contributed by atoms with E-state index in [4.69, 9.17) is 14.2 Å². The normalized spacial score (nSPS) is 21.0. The van der Waals surface area contributed by atoms with Crippen LogP contribution >= 0.6 is 11.3 Å². The summed E-state index contributed by atoms with van der Waals surface area (Å²) in [6.45, 7) is 5.38. The van der Waals surface area contributed by atoms with Gasteiger partial charge >= 0.3 is 0 Å². The predicted molar refractivity (Wildman–Crippen MR) is 132 cm³/mol. The Morgan fingerprint density at radius 3 is 2.88 bits per heavy atom. The fraction of sp³-hybridized carbons (Fsp3) is 0.577. The van der Waals surface area contributed by atoms with Crippen LogP contribution in [-0.2, 0) is 20.7 Å². The minimum absolute atomic E-state index is 0.0527. The van der Waals surface area contributed by atoms with Gasteiger partial charge in [0, 0.05) is 38.2 Å². The fourth-order valence-electron chi connectivity index (χ4n) is 4.79. The Bertz CT molecular complexity index is 912. The molecule has 8 heteroatoms. The summed E-state index contributed by atoms with van der Waals surface area (Å²) in [6, 6.07) is 10.00. The summed E-state index contributed by atoms with van der Waals surface area (Å²) in [4.78, 5) is 18.9. The molecule has 3 heterocycles. The van der Waals surface area contributed by atoms with Crippen molar-refractivity contribution in [2.45, 2.75) is 44.4 Å². The standard InChI is InChI=1S/C26H36N2O5S/c1-19-5-7-21(8-6-19)33-18-24-23-10-13-34-25(23)9-11-28(24)26(30)16-27(14-20(29)17-31-2)15-22-4-3-12-32-22/h5-8,10,13,20,22,24,29H,3-4,9,11-12,14-18H2,1-2H3. The van der Waals surface area contributed by atoms with Crippen LogP contribution in [0.3, 0.4) is 0 Å². The number of methoxy groups -OCH3 is 1. The number of aliphatic hydroxyl groups is 1. The Hall–Kier alpha value is -1.97. The van der Waals surface area contributed by atoms with Crippen LogP contribution < -0.4 is 4.74 Å². The van der Waals surface area contributed by atoms with Crippen molar-refractivity contribution in [3.05, 3.63) is 51.7 Å². The van der Waals surface area contributed by atoms with Crippen molar-refractivity contribution in [3.8, 4) is 5.75 Å². The highest BCUT2D eigenvalue weighted by molar-refractivity contribution is 7.10. The molecule has 0 radical (unpaired) electrons. The van der Waals surface area contributed by atoms with Crippen molar-refractivity contribution in [1.82, 2.24) is 9.80 Å². The third-order valence-corrected chi connectivity index (χ3v) is 7.51. The maximum atomic E-state index is 13.6. The molecule has 3 unspecified atom stereocenters. The highest BCUT2D eigenvalue weighted by Crippen LogP contribution is 2.34. The van der Waals surface area contributed by atoms with Gasteiger partial charge in [0.25, 0.3) is 0 Å². The number of hydrogen-bond donors (Lipinski definition) is 1. The van der Waals surface area contributed by atoms with Gasteiger partial charge < -0.3 is 24.2 Å². The molecule has 2 aliphatic rings. The summed E-state index contributed by atoms with van der Waals surface area (Å²) in [5, 5.41) is 12.4. The third kappa shape index (κ3) is 6.58. The first kappa shape index (κ1) is 25.1. The molecule has 3 atom stereocenters. The van der Waals surface area contributed by atoms with Crippen molar-refractivity contribution in [1.29, 1.82) is 0 Å². The number of carbonyl (C=O) groups excluding carboxylic acids is 1. The number of carbonyl (C=O) groups is 1. The molecule has 0 aliphatic carbocycles. The lowest BCUT2D eigenvalue weighted by atomic mass is 10.0. The number of thiophene rings is 1. The molecule has 2 aromatic rings. The van der Waals surface area contributed by atoms with Crippen LogP contribution in [0.2, 0.25) is 0 Å². The van der Waals surface area contributed by atoms with E-state index in [9.17, 15) is 9.90 Å². The maximum Gasteiger partial charge on any atom is 0.237 e. The molecule has 1 amide bonds. The second kappa shape index (κ2) is 12.1. The quantitative estimate of drug-likeness (QED) is 0.524. The minimum Gasteiger partial charge on any atom is -0.491 e. The molecule has 1 fully saturated rings. The largest absolute Gasteiger partial charge is 0.491 e. The number of rotatable bonds is 11. The summed E-state index contributed by atoms with van der Waals surface area (Å²) in [6.07, 6.45) is 2.34. The van der Waals surface area contributed by atoms with Gasteiger partial charge in [-0.3, -0.25) is 9.69 Å². The first-order chi connectivity index (χ1) is 16.5. The van der Waals surface area contributed by atoms with Crippen molar-refractivity contribution < 1.29 is 24.1 Å². The number of aryl methyl sites for hydroxylation is 1. The Morgan fingerprint density at radius 2 is 2.15 bits per heavy atom. The Kier molecular flexibility index (Phi) is 8.97. The van der Waals surface area contributed by atoms with E-state index in [1.54, 1.807) is 18.4 Å². The zero-order chi connectivity index (χ0) is 23.9. The van der Waals surface area contributed by atoms with Crippen LogP contribution in [-0.4, -0.2) is 86.1 Å². The highest BCUT2D eigenvalue weighted by atomic mass is 32.1. The zero-order valence-electron chi connectivity index (χ0n) is 20.2. The number of nitrogens with zero attached hydrogens (tertiary/aromatic N) is 2. The van der Waals surface area contributed by atoms with Gasteiger partial charge in [0.05, 0.1) is 31.4 Å². The van der Waals surface area contributed by atoms with Crippen LogP contribution in [0.15, 0.2) is 35.7 Å². The van der Waals surface area contributed by atoms with E-state index in [1.165, 1.54) is 16.0 Å². The lowest BCUT2D eigenvalue weighted by Gasteiger charge is -2.37. The van der Waals surface area contributed by atoms with E-state index in [0.717, 1.165) is 31.6 Å². The number of hydrogen-bond acceptors (Lipinski definition) is 7. The molecule has 186 valence electrons. The number of ether oxygens (including phenoxy) is 3. The molecule has 1 aromatic carbocycles. The fourth-order valence-corrected chi connectivity index (χ4v) is 5.72. The average molecular weight is 489 g/mol. The number of aliphatic hydroxyl groups excluding tert-OH is 1. The van der Waals surface area contributed by atoms with Gasteiger partial charge in [0.2, 0.25) is 5.91 Å². The second-order valence-corrected chi connectivity index (χ2v) is 10.2. The van der Waals surface area contributed by atoms with Gasteiger partial charge in [0.1, 0.15) is 12.4 Å². The van der Waals surface area contributed by atoms with Crippen LogP contribution in [0.4, 0.5) is 0 Å². The summed E-state index contributed by atoms with van der Waals surface area (Å²) in [5.74, 6) is 0.861. The van der Waals surface area contributed by atoms with Gasteiger partial charge in [-0.05, 0) is 55.3 Å². The average Bonchev–Trinajstić information content (AvgIpc) is 3.50. The van der Waals surface area contributed by atoms with Crippen LogP contribution in [0.5, 0.6) is 5.75 Å². The molecule has 0 spiro atoms. The number of amides is 1. The first-order valence-corrected chi connectivity index (χ1v) is 13.0.